The van der Waals surface area contributed by atoms with Crippen molar-refractivity contribution in [2.24, 2.45) is 5.92 Å². The van der Waals surface area contributed by atoms with E-state index < -0.39 is 0 Å². The molecule has 2 aromatic rings. The normalized spacial score (nSPS) is 24.8. The lowest BCUT2D eigenvalue weighted by molar-refractivity contribution is 0.196. The van der Waals surface area contributed by atoms with E-state index in [0.717, 1.165) is 36.9 Å². The molecule has 1 aromatic heterocycles. The number of nitrogens with zero attached hydrogens (tertiary/aromatic N) is 3. The van der Waals surface area contributed by atoms with E-state index in [1.807, 2.05) is 0 Å². The third kappa shape index (κ3) is 2.21. The van der Waals surface area contributed by atoms with Crippen LogP contribution in [0.4, 0.5) is 10.2 Å². The zero-order valence-corrected chi connectivity index (χ0v) is 11.7. The number of hydrogen-bond acceptors (Lipinski definition) is 4. The van der Waals surface area contributed by atoms with Gasteiger partial charge in [0.25, 0.3) is 0 Å². The van der Waals surface area contributed by atoms with Crippen LogP contribution < -0.4 is 10.2 Å². The highest BCUT2D eigenvalue weighted by Crippen LogP contribution is 2.27. The first kappa shape index (κ1) is 13.5. The van der Waals surface area contributed by atoms with Gasteiger partial charge in [-0.1, -0.05) is 0 Å². The van der Waals surface area contributed by atoms with Crippen molar-refractivity contribution in [1.29, 1.82) is 0 Å². The minimum atomic E-state index is -0.269. The van der Waals surface area contributed by atoms with Crippen LogP contribution in [0.25, 0.3) is 11.0 Å². The molecular weight excluding hydrogens is 279 g/mol. The van der Waals surface area contributed by atoms with Gasteiger partial charge in [0.15, 0.2) is 0 Å². The number of hydrogen-bond donors (Lipinski definition) is 1. The molecule has 1 N–H and O–H groups in total. The summed E-state index contributed by atoms with van der Waals surface area (Å²) in [5, 5.41) is 3.45. The number of aromatic nitrogens is 2. The Morgan fingerprint density at radius 3 is 2.95 bits per heavy atom. The van der Waals surface area contributed by atoms with Crippen LogP contribution in [0.1, 0.15) is 6.42 Å². The zero-order valence-electron chi connectivity index (χ0n) is 10.9. The lowest BCUT2D eigenvalue weighted by Gasteiger charge is -2.46. The highest BCUT2D eigenvalue weighted by Gasteiger charge is 2.35. The summed E-state index contributed by atoms with van der Waals surface area (Å²) in [5.41, 5.74) is 1.36. The molecule has 2 aliphatic heterocycles. The van der Waals surface area contributed by atoms with E-state index in [4.69, 9.17) is 0 Å². The fraction of sp³-hybridized carbons (Fsp3) is 0.429. The average Bonchev–Trinajstić information content (AvgIpc) is 2.40. The van der Waals surface area contributed by atoms with Gasteiger partial charge >= 0.3 is 0 Å². The van der Waals surface area contributed by atoms with E-state index in [9.17, 15) is 4.39 Å². The Kier molecular flexibility index (Phi) is 3.48. The van der Waals surface area contributed by atoms with E-state index in [-0.39, 0.29) is 18.2 Å². The molecule has 0 amide bonds. The predicted octanol–water partition coefficient (Wildman–Crippen LogP) is 1.99. The highest BCUT2D eigenvalue weighted by molar-refractivity contribution is 5.85. The van der Waals surface area contributed by atoms with Crippen LogP contribution in [0.2, 0.25) is 0 Å². The van der Waals surface area contributed by atoms with Crippen molar-refractivity contribution < 1.29 is 4.39 Å². The van der Waals surface area contributed by atoms with Crippen molar-refractivity contribution in [2.75, 3.05) is 24.5 Å². The molecule has 2 atom stereocenters. The van der Waals surface area contributed by atoms with Gasteiger partial charge in [-0.05, 0) is 31.0 Å². The molecule has 0 radical (unpaired) electrons. The lowest BCUT2D eigenvalue weighted by atomic mass is 9.85. The standard InChI is InChI=1S/C14H15FN4.ClH/c15-10-1-2-11-12(5-10)17-7-14(18-11)19-4-3-9-6-16-13(9)8-19;/h1-2,5,7,9,13,16H,3-4,6,8H2;1H/t9-,13-;/m1./s1. The lowest BCUT2D eigenvalue weighted by Crippen LogP contribution is -2.62. The Morgan fingerprint density at radius 1 is 1.30 bits per heavy atom. The molecule has 20 heavy (non-hydrogen) atoms. The molecule has 2 aliphatic rings. The van der Waals surface area contributed by atoms with Crippen LogP contribution in [0.5, 0.6) is 0 Å². The van der Waals surface area contributed by atoms with Crippen molar-refractivity contribution >= 4 is 29.3 Å². The molecular formula is C14H16ClFN4. The molecule has 0 saturated carbocycles. The third-order valence-corrected chi connectivity index (χ3v) is 4.21. The van der Waals surface area contributed by atoms with Gasteiger partial charge in [-0.25, -0.2) is 9.37 Å². The monoisotopic (exact) mass is 294 g/mol. The Morgan fingerprint density at radius 2 is 2.20 bits per heavy atom. The number of fused-ring (bicyclic) bond motifs is 2. The number of anilines is 1. The molecule has 6 heteroatoms. The maximum Gasteiger partial charge on any atom is 0.147 e. The number of benzene rings is 1. The topological polar surface area (TPSA) is 41.1 Å². The van der Waals surface area contributed by atoms with Gasteiger partial charge in [-0.3, -0.25) is 4.98 Å². The van der Waals surface area contributed by atoms with Gasteiger partial charge in [-0.2, -0.15) is 0 Å². The second-order valence-electron chi connectivity index (χ2n) is 5.37. The van der Waals surface area contributed by atoms with E-state index in [1.54, 1.807) is 12.3 Å². The maximum absolute atomic E-state index is 13.1. The van der Waals surface area contributed by atoms with Crippen LogP contribution in [0.3, 0.4) is 0 Å². The zero-order chi connectivity index (χ0) is 12.8. The molecule has 0 aliphatic carbocycles. The molecule has 3 heterocycles. The van der Waals surface area contributed by atoms with Gasteiger partial charge in [-0.15, -0.1) is 12.4 Å². The summed E-state index contributed by atoms with van der Waals surface area (Å²) >= 11 is 0. The molecule has 4 rings (SSSR count). The molecule has 0 spiro atoms. The summed E-state index contributed by atoms with van der Waals surface area (Å²) in [7, 11) is 0. The number of rotatable bonds is 1. The van der Waals surface area contributed by atoms with Gasteiger partial charge in [0.2, 0.25) is 0 Å². The maximum atomic E-state index is 13.1. The second kappa shape index (κ2) is 5.14. The highest BCUT2D eigenvalue weighted by atomic mass is 35.5. The summed E-state index contributed by atoms with van der Waals surface area (Å²) in [6.45, 7) is 3.18. The predicted molar refractivity (Wildman–Crippen MR) is 78.9 cm³/mol. The SMILES string of the molecule is Cl.Fc1ccc2nc(N3CC[C@@H]4CN[C@@H]4C3)cnc2c1. The summed E-state index contributed by atoms with van der Waals surface area (Å²) in [4.78, 5) is 11.2. The van der Waals surface area contributed by atoms with Gasteiger partial charge in [0, 0.05) is 25.2 Å². The second-order valence-corrected chi connectivity index (χ2v) is 5.37. The Hall–Kier alpha value is -1.46. The van der Waals surface area contributed by atoms with Crippen molar-refractivity contribution in [3.63, 3.8) is 0 Å². The molecule has 2 saturated heterocycles. The van der Waals surface area contributed by atoms with E-state index in [1.165, 1.54) is 18.6 Å². The Bertz CT molecular complexity index is 636. The molecule has 0 bridgehead atoms. The van der Waals surface area contributed by atoms with Gasteiger partial charge in [0.1, 0.15) is 11.6 Å². The fourth-order valence-corrected chi connectivity index (χ4v) is 2.95. The quantitative estimate of drug-likeness (QED) is 0.873. The van der Waals surface area contributed by atoms with Crippen LogP contribution >= 0.6 is 12.4 Å². The Balaban J connectivity index is 0.00000121. The Labute approximate surface area is 122 Å². The molecule has 106 valence electrons. The first-order valence-corrected chi connectivity index (χ1v) is 6.70. The molecule has 2 fully saturated rings. The molecule has 0 unspecified atom stereocenters. The van der Waals surface area contributed by atoms with Crippen LogP contribution in [-0.4, -0.2) is 35.6 Å². The third-order valence-electron chi connectivity index (χ3n) is 4.21. The van der Waals surface area contributed by atoms with Crippen molar-refractivity contribution in [1.82, 2.24) is 15.3 Å². The summed E-state index contributed by atoms with van der Waals surface area (Å²) in [6.07, 6.45) is 2.96. The van der Waals surface area contributed by atoms with Crippen molar-refractivity contribution in [3.05, 3.63) is 30.2 Å². The first-order chi connectivity index (χ1) is 9.29. The van der Waals surface area contributed by atoms with Gasteiger partial charge in [0.05, 0.1) is 17.2 Å². The van der Waals surface area contributed by atoms with E-state index in [2.05, 4.69) is 20.2 Å². The molecule has 4 nitrogen and oxygen atoms in total. The van der Waals surface area contributed by atoms with Crippen molar-refractivity contribution in [2.45, 2.75) is 12.5 Å². The minimum Gasteiger partial charge on any atom is -0.354 e. The van der Waals surface area contributed by atoms with E-state index >= 15 is 0 Å². The number of halogens is 2. The minimum absolute atomic E-state index is 0. The van der Waals surface area contributed by atoms with Gasteiger partial charge < -0.3 is 10.2 Å². The van der Waals surface area contributed by atoms with Crippen LogP contribution in [0.15, 0.2) is 24.4 Å². The summed E-state index contributed by atoms with van der Waals surface area (Å²) in [6, 6.07) is 5.14. The van der Waals surface area contributed by atoms with Crippen LogP contribution in [-0.2, 0) is 0 Å². The van der Waals surface area contributed by atoms with E-state index in [0.29, 0.717) is 11.6 Å². The van der Waals surface area contributed by atoms with Crippen molar-refractivity contribution in [3.8, 4) is 0 Å². The summed E-state index contributed by atoms with van der Waals surface area (Å²) < 4.78 is 13.1. The summed E-state index contributed by atoms with van der Waals surface area (Å²) in [5.74, 6) is 1.46. The smallest absolute Gasteiger partial charge is 0.147 e. The largest absolute Gasteiger partial charge is 0.354 e. The number of piperidine rings is 1. The number of nitrogens with one attached hydrogen (secondary N) is 1. The molecule has 1 aromatic carbocycles. The fourth-order valence-electron chi connectivity index (χ4n) is 2.95. The van der Waals surface area contributed by atoms with Crippen LogP contribution in [0, 0.1) is 11.7 Å². The first-order valence-electron chi connectivity index (χ1n) is 6.70. The average molecular weight is 295 g/mol.